The normalized spacial score (nSPS) is 28.9. The van der Waals surface area contributed by atoms with Crippen molar-refractivity contribution in [1.29, 1.82) is 0 Å². The molecular formula is C22H24N2O3. The molecule has 5 heteroatoms. The van der Waals surface area contributed by atoms with E-state index in [4.69, 9.17) is 4.74 Å². The molecule has 140 valence electrons. The summed E-state index contributed by atoms with van der Waals surface area (Å²) in [5.41, 5.74) is 4.58. The third kappa shape index (κ3) is 2.17. The molecule has 1 saturated heterocycles. The fourth-order valence-corrected chi connectivity index (χ4v) is 5.79. The Labute approximate surface area is 158 Å². The van der Waals surface area contributed by atoms with E-state index in [1.807, 2.05) is 0 Å². The molecular weight excluding hydrogens is 340 g/mol. The van der Waals surface area contributed by atoms with Gasteiger partial charge in [-0.15, -0.1) is 0 Å². The Morgan fingerprint density at radius 1 is 1.19 bits per heavy atom. The number of aryl methyl sites for hydroxylation is 1. The van der Waals surface area contributed by atoms with Crippen LogP contribution in [0.1, 0.15) is 37.6 Å². The summed E-state index contributed by atoms with van der Waals surface area (Å²) < 4.78 is 7.94. The molecule has 0 N–H and O–H groups in total. The van der Waals surface area contributed by atoms with Crippen molar-refractivity contribution in [3.8, 4) is 0 Å². The Hall–Kier alpha value is -2.56. The van der Waals surface area contributed by atoms with Crippen molar-refractivity contribution in [2.75, 3.05) is 6.61 Å². The molecule has 3 aliphatic heterocycles. The van der Waals surface area contributed by atoms with Crippen molar-refractivity contribution in [2.45, 2.75) is 38.8 Å². The zero-order valence-corrected chi connectivity index (χ0v) is 15.9. The summed E-state index contributed by atoms with van der Waals surface area (Å²) in [6.45, 7) is 3.86. The van der Waals surface area contributed by atoms with Crippen molar-refractivity contribution in [1.82, 2.24) is 9.47 Å². The number of ether oxygens (including phenoxy) is 1. The lowest BCUT2D eigenvalue weighted by Crippen LogP contribution is -2.58. The SMILES string of the molecule is CC(=O)C1=COC[C@@H]2[C@H]1C[C@H]1c3c(c4ccccc4n3C)C[C@@H]2N1C(C)=O. The van der Waals surface area contributed by atoms with Crippen LogP contribution in [0.15, 0.2) is 36.1 Å². The first kappa shape index (κ1) is 16.6. The van der Waals surface area contributed by atoms with Gasteiger partial charge in [0.2, 0.25) is 5.91 Å². The number of Topliss-reactive ketones (excluding diaryl/α,β-unsaturated/α-hetero) is 1. The number of allylic oxidation sites excluding steroid dienone is 1. The van der Waals surface area contributed by atoms with Gasteiger partial charge >= 0.3 is 0 Å². The highest BCUT2D eigenvalue weighted by molar-refractivity contribution is 5.94. The van der Waals surface area contributed by atoms with Gasteiger partial charge in [-0.3, -0.25) is 9.59 Å². The van der Waals surface area contributed by atoms with Crippen molar-refractivity contribution in [3.05, 3.63) is 47.4 Å². The number of piperidine rings is 1. The van der Waals surface area contributed by atoms with Crippen LogP contribution in [0.3, 0.4) is 0 Å². The molecule has 4 atom stereocenters. The number of amides is 1. The molecule has 4 heterocycles. The number of rotatable bonds is 1. The Balaban J connectivity index is 1.71. The minimum absolute atomic E-state index is 0.00995. The Kier molecular flexibility index (Phi) is 3.51. The van der Waals surface area contributed by atoms with Crippen LogP contribution < -0.4 is 0 Å². The van der Waals surface area contributed by atoms with E-state index < -0.39 is 0 Å². The van der Waals surface area contributed by atoms with E-state index in [-0.39, 0.29) is 35.6 Å². The number of benzene rings is 1. The molecule has 0 spiro atoms. The lowest BCUT2D eigenvalue weighted by atomic mass is 9.67. The van der Waals surface area contributed by atoms with Gasteiger partial charge in [-0.2, -0.15) is 0 Å². The highest BCUT2D eigenvalue weighted by Gasteiger charge is 2.52. The van der Waals surface area contributed by atoms with Gasteiger partial charge in [0.25, 0.3) is 0 Å². The Bertz CT molecular complexity index is 1000. The maximum atomic E-state index is 12.6. The van der Waals surface area contributed by atoms with Crippen LogP contribution in [0.5, 0.6) is 0 Å². The molecule has 27 heavy (non-hydrogen) atoms. The number of carbonyl (C=O) groups is 2. The average molecular weight is 364 g/mol. The second-order valence-electron chi connectivity index (χ2n) is 8.12. The van der Waals surface area contributed by atoms with Gasteiger partial charge in [0.05, 0.1) is 18.9 Å². The standard InChI is InChI=1S/C22H24N2O3/c1-12(25)17-10-27-11-18-15(17)8-21-22-16(9-20(18)24(21)13(2)26)14-6-4-5-7-19(14)23(22)3/h4-7,10,15,18,20-21H,8-9,11H2,1-3H3/t15-,18+,20-,21-/m0/s1. The number of ketones is 1. The zero-order chi connectivity index (χ0) is 18.9. The smallest absolute Gasteiger partial charge is 0.220 e. The van der Waals surface area contributed by atoms with Gasteiger partial charge < -0.3 is 14.2 Å². The number of aromatic nitrogens is 1. The lowest BCUT2D eigenvalue weighted by molar-refractivity contribution is -0.143. The van der Waals surface area contributed by atoms with Gasteiger partial charge in [-0.05, 0) is 31.4 Å². The van der Waals surface area contributed by atoms with Crippen molar-refractivity contribution in [3.63, 3.8) is 0 Å². The van der Waals surface area contributed by atoms with Crippen LogP contribution in [0.25, 0.3) is 10.9 Å². The number of hydrogen-bond donors (Lipinski definition) is 0. The molecule has 0 aliphatic carbocycles. The van der Waals surface area contributed by atoms with E-state index in [1.165, 1.54) is 22.2 Å². The number of fused-ring (bicyclic) bond motifs is 8. The summed E-state index contributed by atoms with van der Waals surface area (Å²) in [7, 11) is 2.09. The molecule has 2 aromatic rings. The summed E-state index contributed by atoms with van der Waals surface area (Å²) in [5.74, 6) is 0.517. The van der Waals surface area contributed by atoms with E-state index in [2.05, 4.69) is 40.8 Å². The summed E-state index contributed by atoms with van der Waals surface area (Å²) in [5, 5.41) is 1.28. The van der Waals surface area contributed by atoms with Crippen molar-refractivity contribution < 1.29 is 14.3 Å². The molecule has 1 aromatic heterocycles. The van der Waals surface area contributed by atoms with Crippen molar-refractivity contribution in [2.24, 2.45) is 18.9 Å². The minimum atomic E-state index is 0.00995. The molecule has 0 unspecified atom stereocenters. The molecule has 5 nitrogen and oxygen atoms in total. The summed E-state index contributed by atoms with van der Waals surface area (Å²) in [6.07, 6.45) is 3.26. The number of carbonyl (C=O) groups excluding carboxylic acids is 2. The van der Waals surface area contributed by atoms with E-state index in [0.29, 0.717) is 6.61 Å². The molecule has 5 rings (SSSR count). The zero-order valence-electron chi connectivity index (χ0n) is 15.9. The van der Waals surface area contributed by atoms with Crippen LogP contribution in [0.2, 0.25) is 0 Å². The van der Waals surface area contributed by atoms with Crippen LogP contribution in [-0.2, 0) is 27.8 Å². The fraction of sp³-hybridized carbons (Fsp3) is 0.455. The average Bonchev–Trinajstić information content (AvgIpc) is 2.93. The monoisotopic (exact) mass is 364 g/mol. The van der Waals surface area contributed by atoms with Gasteiger partial charge in [-0.1, -0.05) is 18.2 Å². The molecule has 3 aliphatic rings. The third-order valence-electron chi connectivity index (χ3n) is 6.84. The van der Waals surface area contributed by atoms with Gasteiger partial charge in [0, 0.05) is 54.0 Å². The second kappa shape index (κ2) is 5.72. The van der Waals surface area contributed by atoms with E-state index in [0.717, 1.165) is 18.4 Å². The fourth-order valence-electron chi connectivity index (χ4n) is 5.79. The third-order valence-corrected chi connectivity index (χ3v) is 6.84. The first-order valence-electron chi connectivity index (χ1n) is 9.66. The molecule has 2 bridgehead atoms. The van der Waals surface area contributed by atoms with E-state index >= 15 is 0 Å². The highest BCUT2D eigenvalue weighted by Crippen LogP contribution is 2.51. The first-order chi connectivity index (χ1) is 13.0. The van der Waals surface area contributed by atoms with E-state index in [1.54, 1.807) is 20.1 Å². The first-order valence-corrected chi connectivity index (χ1v) is 9.66. The summed E-state index contributed by atoms with van der Waals surface area (Å²) >= 11 is 0. The predicted molar refractivity (Wildman–Crippen MR) is 102 cm³/mol. The van der Waals surface area contributed by atoms with Crippen LogP contribution in [0.4, 0.5) is 0 Å². The van der Waals surface area contributed by atoms with Crippen molar-refractivity contribution >= 4 is 22.6 Å². The number of hydrogen-bond acceptors (Lipinski definition) is 3. The van der Waals surface area contributed by atoms with Crippen LogP contribution in [-0.4, -0.2) is 33.8 Å². The summed E-state index contributed by atoms with van der Waals surface area (Å²) in [4.78, 5) is 26.9. The number of para-hydroxylation sites is 1. The maximum absolute atomic E-state index is 12.6. The second-order valence-corrected chi connectivity index (χ2v) is 8.12. The van der Waals surface area contributed by atoms with Gasteiger partial charge in [0.15, 0.2) is 5.78 Å². The molecule has 0 radical (unpaired) electrons. The van der Waals surface area contributed by atoms with Crippen LogP contribution in [0, 0.1) is 11.8 Å². The van der Waals surface area contributed by atoms with Gasteiger partial charge in [0.1, 0.15) is 0 Å². The summed E-state index contributed by atoms with van der Waals surface area (Å²) in [6, 6.07) is 8.56. The molecule has 1 amide bonds. The predicted octanol–water partition coefficient (Wildman–Crippen LogP) is 3.13. The quantitative estimate of drug-likeness (QED) is 0.781. The van der Waals surface area contributed by atoms with E-state index in [9.17, 15) is 9.59 Å². The van der Waals surface area contributed by atoms with Gasteiger partial charge in [-0.25, -0.2) is 0 Å². The molecule has 1 aromatic carbocycles. The minimum Gasteiger partial charge on any atom is -0.500 e. The molecule has 1 fully saturated rings. The number of nitrogens with zero attached hydrogens (tertiary/aromatic N) is 2. The topological polar surface area (TPSA) is 51.5 Å². The highest BCUT2D eigenvalue weighted by atomic mass is 16.5. The molecule has 0 saturated carbocycles. The Morgan fingerprint density at radius 2 is 1.96 bits per heavy atom. The Morgan fingerprint density at radius 3 is 2.70 bits per heavy atom. The maximum Gasteiger partial charge on any atom is 0.220 e. The van der Waals surface area contributed by atoms with Crippen LogP contribution >= 0.6 is 0 Å². The lowest BCUT2D eigenvalue weighted by Gasteiger charge is -2.53. The largest absolute Gasteiger partial charge is 0.500 e.